The van der Waals surface area contributed by atoms with Crippen LogP contribution in [0.5, 0.6) is 0 Å². The fourth-order valence-electron chi connectivity index (χ4n) is 2.48. The zero-order valence-electron chi connectivity index (χ0n) is 16.2. The van der Waals surface area contributed by atoms with E-state index in [0.29, 0.717) is 11.1 Å². The summed E-state index contributed by atoms with van der Waals surface area (Å²) in [6.45, 7) is 9.52. The summed E-state index contributed by atoms with van der Waals surface area (Å²) in [5.74, 6) is -1.88. The highest BCUT2D eigenvalue weighted by molar-refractivity contribution is 7.89. The van der Waals surface area contributed by atoms with Crippen LogP contribution >= 0.6 is 0 Å². The fourth-order valence-corrected chi connectivity index (χ4v) is 4.28. The maximum atomic E-state index is 12.8. The lowest BCUT2D eigenvalue weighted by atomic mass is 10.0. The van der Waals surface area contributed by atoms with E-state index in [-0.39, 0.29) is 4.90 Å². The number of ether oxygens (including phenoxy) is 1. The molecule has 0 aliphatic carbocycles. The summed E-state index contributed by atoms with van der Waals surface area (Å²) in [6.07, 6.45) is -1.32. The molecule has 1 aromatic carbocycles. The number of urea groups is 1. The van der Waals surface area contributed by atoms with Gasteiger partial charge in [-0.05, 0) is 63.8 Å². The van der Waals surface area contributed by atoms with Crippen LogP contribution in [-0.2, 0) is 24.3 Å². The van der Waals surface area contributed by atoms with Crippen molar-refractivity contribution in [1.82, 2.24) is 10.0 Å². The molecule has 0 heterocycles. The number of amides is 3. The number of carbonyl (C=O) groups is 3. The molecule has 0 radical (unpaired) electrons. The van der Waals surface area contributed by atoms with Gasteiger partial charge in [-0.15, -0.1) is 0 Å². The molecule has 27 heavy (non-hydrogen) atoms. The number of nitrogens with two attached hydrogens (primary N) is 1. The SMILES string of the molecule is Cc1cc(C)c(C)c(S(=O)(=O)N[C@H](C)C(=O)O[C@H](C)C(=O)NC(N)=O)c1C. The molecular formula is C17H25N3O6S. The van der Waals surface area contributed by atoms with Gasteiger partial charge in [0.1, 0.15) is 6.04 Å². The molecule has 3 amide bonds. The molecule has 1 rings (SSSR count). The Hall–Kier alpha value is -2.46. The highest BCUT2D eigenvalue weighted by Gasteiger charge is 2.29. The van der Waals surface area contributed by atoms with Crippen molar-refractivity contribution in [3.63, 3.8) is 0 Å². The van der Waals surface area contributed by atoms with Crippen molar-refractivity contribution in [1.29, 1.82) is 0 Å². The number of imide groups is 1. The number of hydrogen-bond donors (Lipinski definition) is 3. The Morgan fingerprint density at radius 1 is 1.04 bits per heavy atom. The van der Waals surface area contributed by atoms with E-state index in [2.05, 4.69) is 4.72 Å². The molecule has 0 fully saturated rings. The van der Waals surface area contributed by atoms with Crippen LogP contribution in [0.2, 0.25) is 0 Å². The van der Waals surface area contributed by atoms with Crippen LogP contribution in [0.15, 0.2) is 11.0 Å². The molecule has 150 valence electrons. The highest BCUT2D eigenvalue weighted by atomic mass is 32.2. The van der Waals surface area contributed by atoms with Crippen molar-refractivity contribution in [2.75, 3.05) is 0 Å². The first-order valence-corrected chi connectivity index (χ1v) is 9.66. The number of aryl methyl sites for hydroxylation is 2. The molecular weight excluding hydrogens is 374 g/mol. The second kappa shape index (κ2) is 8.49. The molecule has 0 saturated carbocycles. The average molecular weight is 399 g/mol. The zero-order valence-corrected chi connectivity index (χ0v) is 17.0. The van der Waals surface area contributed by atoms with Crippen LogP contribution in [0.25, 0.3) is 0 Å². The van der Waals surface area contributed by atoms with Gasteiger partial charge in [0.05, 0.1) is 4.90 Å². The average Bonchev–Trinajstić information content (AvgIpc) is 2.51. The quantitative estimate of drug-likeness (QED) is 0.601. The molecule has 0 saturated heterocycles. The Labute approximate surface area is 158 Å². The number of rotatable bonds is 6. The zero-order chi connectivity index (χ0) is 21.1. The number of sulfonamides is 1. The lowest BCUT2D eigenvalue weighted by Gasteiger charge is -2.20. The maximum absolute atomic E-state index is 12.8. The lowest BCUT2D eigenvalue weighted by Crippen LogP contribution is -2.45. The first-order chi connectivity index (χ1) is 12.3. The van der Waals surface area contributed by atoms with Gasteiger partial charge in [-0.25, -0.2) is 13.2 Å². The number of nitrogens with one attached hydrogen (secondary N) is 2. The van der Waals surface area contributed by atoms with Crippen LogP contribution in [0.1, 0.15) is 36.1 Å². The minimum atomic E-state index is -4.01. The van der Waals surface area contributed by atoms with Crippen molar-refractivity contribution in [3.8, 4) is 0 Å². The molecule has 0 spiro atoms. The van der Waals surface area contributed by atoms with E-state index in [0.717, 1.165) is 11.1 Å². The predicted octanol–water partition coefficient (Wildman–Crippen LogP) is 0.714. The van der Waals surface area contributed by atoms with E-state index in [1.165, 1.54) is 13.8 Å². The molecule has 10 heteroatoms. The van der Waals surface area contributed by atoms with Crippen LogP contribution in [0.3, 0.4) is 0 Å². The van der Waals surface area contributed by atoms with Crippen LogP contribution in [-0.4, -0.2) is 38.5 Å². The number of benzene rings is 1. The standard InChI is InChI=1S/C17H25N3O6S/c1-8-7-9(2)11(4)14(10(8)3)27(24,25)20-12(5)16(22)26-13(6)15(21)19-17(18)23/h7,12-13,20H,1-6H3,(H3,18,19,21,23)/t12-,13-/m1/s1. The maximum Gasteiger partial charge on any atom is 0.324 e. The van der Waals surface area contributed by atoms with Gasteiger partial charge in [0.2, 0.25) is 10.0 Å². The van der Waals surface area contributed by atoms with Gasteiger partial charge in [0.25, 0.3) is 5.91 Å². The van der Waals surface area contributed by atoms with Gasteiger partial charge in [0.15, 0.2) is 6.10 Å². The Balaban J connectivity index is 2.99. The summed E-state index contributed by atoms with van der Waals surface area (Å²) in [7, 11) is -4.01. The summed E-state index contributed by atoms with van der Waals surface area (Å²) in [5, 5.41) is 1.77. The van der Waals surface area contributed by atoms with E-state index in [9.17, 15) is 22.8 Å². The minimum absolute atomic E-state index is 0.110. The Morgan fingerprint density at radius 3 is 1.96 bits per heavy atom. The summed E-state index contributed by atoms with van der Waals surface area (Å²) in [6, 6.07) is -0.448. The summed E-state index contributed by atoms with van der Waals surface area (Å²) in [4.78, 5) is 34.4. The second-order valence-corrected chi connectivity index (χ2v) is 8.02. The van der Waals surface area contributed by atoms with Crippen molar-refractivity contribution < 1.29 is 27.5 Å². The summed E-state index contributed by atoms with van der Waals surface area (Å²) < 4.78 is 32.7. The van der Waals surface area contributed by atoms with Gasteiger partial charge in [-0.1, -0.05) is 6.07 Å². The fraction of sp³-hybridized carbons (Fsp3) is 0.471. The third-order valence-electron chi connectivity index (χ3n) is 4.16. The molecule has 4 N–H and O–H groups in total. The Kier molecular flexibility index (Phi) is 7.10. The first-order valence-electron chi connectivity index (χ1n) is 8.18. The molecule has 0 aliphatic heterocycles. The number of carbonyl (C=O) groups excluding carboxylic acids is 3. The third kappa shape index (κ3) is 5.51. The van der Waals surface area contributed by atoms with E-state index in [4.69, 9.17) is 10.5 Å². The van der Waals surface area contributed by atoms with Gasteiger partial charge in [-0.2, -0.15) is 4.72 Å². The molecule has 0 unspecified atom stereocenters. The Bertz CT molecular complexity index is 853. The highest BCUT2D eigenvalue weighted by Crippen LogP contribution is 2.26. The molecule has 2 atom stereocenters. The molecule has 0 aromatic heterocycles. The van der Waals surface area contributed by atoms with Gasteiger partial charge in [-0.3, -0.25) is 14.9 Å². The van der Waals surface area contributed by atoms with Gasteiger partial charge >= 0.3 is 12.0 Å². The number of hydrogen-bond acceptors (Lipinski definition) is 6. The van der Waals surface area contributed by atoms with Crippen molar-refractivity contribution in [2.45, 2.75) is 58.6 Å². The van der Waals surface area contributed by atoms with Crippen LogP contribution in [0.4, 0.5) is 4.79 Å². The minimum Gasteiger partial charge on any atom is -0.451 e. The van der Waals surface area contributed by atoms with E-state index < -0.39 is 40.1 Å². The molecule has 0 aliphatic rings. The van der Waals surface area contributed by atoms with Crippen LogP contribution < -0.4 is 15.8 Å². The first kappa shape index (κ1) is 22.6. The monoisotopic (exact) mass is 399 g/mol. The smallest absolute Gasteiger partial charge is 0.324 e. The summed E-state index contributed by atoms with van der Waals surface area (Å²) >= 11 is 0. The molecule has 0 bridgehead atoms. The predicted molar refractivity (Wildman–Crippen MR) is 98.5 cm³/mol. The van der Waals surface area contributed by atoms with Crippen molar-refractivity contribution in [3.05, 3.63) is 28.3 Å². The van der Waals surface area contributed by atoms with Crippen molar-refractivity contribution in [2.24, 2.45) is 5.73 Å². The molecule has 9 nitrogen and oxygen atoms in total. The van der Waals surface area contributed by atoms with Crippen LogP contribution in [0, 0.1) is 27.7 Å². The molecule has 1 aromatic rings. The summed E-state index contributed by atoms with van der Waals surface area (Å²) in [5.41, 5.74) is 7.61. The number of esters is 1. The number of primary amides is 1. The van der Waals surface area contributed by atoms with Gasteiger partial charge in [0, 0.05) is 0 Å². The largest absolute Gasteiger partial charge is 0.451 e. The van der Waals surface area contributed by atoms with E-state index >= 15 is 0 Å². The normalized spacial score (nSPS) is 13.6. The van der Waals surface area contributed by atoms with E-state index in [1.807, 2.05) is 6.07 Å². The van der Waals surface area contributed by atoms with Crippen molar-refractivity contribution >= 4 is 27.9 Å². The topological polar surface area (TPSA) is 145 Å². The lowest BCUT2D eigenvalue weighted by molar-refractivity contribution is -0.155. The Morgan fingerprint density at radius 2 is 1.52 bits per heavy atom. The third-order valence-corrected chi connectivity index (χ3v) is 5.97. The van der Waals surface area contributed by atoms with E-state index in [1.54, 1.807) is 33.0 Å². The van der Waals surface area contributed by atoms with Gasteiger partial charge < -0.3 is 10.5 Å². The second-order valence-electron chi connectivity index (χ2n) is 6.37.